The fourth-order valence-electron chi connectivity index (χ4n) is 5.22. The molecule has 2 N–H and O–H groups in total. The molecule has 3 aromatic heterocycles. The van der Waals surface area contributed by atoms with Crippen LogP contribution in [0.25, 0.3) is 10.9 Å². The molecule has 3 aromatic rings. The highest BCUT2D eigenvalue weighted by atomic mass is 16.1. The third kappa shape index (κ3) is 4.27. The van der Waals surface area contributed by atoms with Gasteiger partial charge in [0.2, 0.25) is 0 Å². The monoisotopic (exact) mass is 461 g/mol. The Morgan fingerprint density at radius 1 is 1.03 bits per heavy atom. The number of aromatic nitrogens is 4. The summed E-state index contributed by atoms with van der Waals surface area (Å²) in [5.41, 5.74) is 1.58. The van der Waals surface area contributed by atoms with E-state index >= 15 is 0 Å². The van der Waals surface area contributed by atoms with E-state index in [9.17, 15) is 9.59 Å². The number of Topliss-reactive ketones (excluding diaryl/α,β-unsaturated/α-hetero) is 1. The molecule has 2 aliphatic rings. The van der Waals surface area contributed by atoms with E-state index in [4.69, 9.17) is 0 Å². The first-order valence-corrected chi connectivity index (χ1v) is 12.1. The molecule has 0 atom stereocenters. The van der Waals surface area contributed by atoms with E-state index in [0.717, 1.165) is 68.6 Å². The molecule has 2 fully saturated rings. The first kappa shape index (κ1) is 22.5. The lowest BCUT2D eigenvalue weighted by Crippen LogP contribution is -2.43. The maximum absolute atomic E-state index is 13.5. The number of piperazine rings is 1. The summed E-state index contributed by atoms with van der Waals surface area (Å²) in [6.45, 7) is 7.00. The number of hydrogen-bond donors (Lipinski definition) is 2. The van der Waals surface area contributed by atoms with Crippen LogP contribution in [0.3, 0.4) is 0 Å². The van der Waals surface area contributed by atoms with Crippen LogP contribution in [-0.2, 0) is 0 Å². The molecular weight excluding hydrogens is 430 g/mol. The minimum absolute atomic E-state index is 0.0933. The van der Waals surface area contributed by atoms with Crippen molar-refractivity contribution >= 4 is 34.1 Å². The second kappa shape index (κ2) is 9.50. The summed E-state index contributed by atoms with van der Waals surface area (Å²) in [4.78, 5) is 41.7. The highest BCUT2D eigenvalue weighted by molar-refractivity contribution is 6.00. The van der Waals surface area contributed by atoms with E-state index in [0.29, 0.717) is 17.2 Å². The molecule has 34 heavy (non-hydrogen) atoms. The summed E-state index contributed by atoms with van der Waals surface area (Å²) >= 11 is 0. The van der Waals surface area contributed by atoms with Gasteiger partial charge in [0.05, 0.1) is 23.5 Å². The van der Waals surface area contributed by atoms with Gasteiger partial charge in [0.15, 0.2) is 5.78 Å². The standard InChI is InChI=1S/C25H31N7O2/c1-16-19-13-27-21(30-22-14-29-23(15-28-22)31-10-8-26-9-11-31)12-20(19)32(18-6-4-3-5-7-18)25(34)24(16)17(2)33/h12-15,18,26H,3-11H2,1-2H3,(H,27,28,30). The first-order chi connectivity index (χ1) is 16.5. The third-order valence-corrected chi connectivity index (χ3v) is 6.98. The number of nitrogens with one attached hydrogen (secondary N) is 2. The first-order valence-electron chi connectivity index (χ1n) is 12.1. The zero-order valence-electron chi connectivity index (χ0n) is 19.8. The highest BCUT2D eigenvalue weighted by Gasteiger charge is 2.24. The normalized spacial score (nSPS) is 17.2. The van der Waals surface area contributed by atoms with Gasteiger partial charge in [-0.3, -0.25) is 9.59 Å². The van der Waals surface area contributed by atoms with Crippen LogP contribution >= 0.6 is 0 Å². The summed E-state index contributed by atoms with van der Waals surface area (Å²) in [6.07, 6.45) is 10.5. The Kier molecular flexibility index (Phi) is 6.28. The molecule has 0 unspecified atom stereocenters. The predicted octanol–water partition coefficient (Wildman–Crippen LogP) is 3.36. The smallest absolute Gasteiger partial charge is 0.262 e. The molecule has 0 amide bonds. The lowest BCUT2D eigenvalue weighted by atomic mass is 9.93. The maximum atomic E-state index is 13.5. The summed E-state index contributed by atoms with van der Waals surface area (Å²) in [5, 5.41) is 7.40. The quantitative estimate of drug-likeness (QED) is 0.558. The zero-order valence-corrected chi connectivity index (χ0v) is 19.8. The van der Waals surface area contributed by atoms with Crippen LogP contribution in [0.1, 0.15) is 61.0 Å². The van der Waals surface area contributed by atoms with Crippen LogP contribution in [0, 0.1) is 6.92 Å². The van der Waals surface area contributed by atoms with E-state index in [1.807, 2.05) is 17.6 Å². The van der Waals surface area contributed by atoms with Gasteiger partial charge in [0.1, 0.15) is 17.5 Å². The number of carbonyl (C=O) groups excluding carboxylic acids is 1. The molecule has 9 heteroatoms. The predicted molar refractivity (Wildman–Crippen MR) is 133 cm³/mol. The summed E-state index contributed by atoms with van der Waals surface area (Å²) < 4.78 is 1.84. The minimum Gasteiger partial charge on any atom is -0.353 e. The van der Waals surface area contributed by atoms with Gasteiger partial charge in [-0.25, -0.2) is 15.0 Å². The van der Waals surface area contributed by atoms with Crippen LogP contribution in [0.4, 0.5) is 17.5 Å². The summed E-state index contributed by atoms with van der Waals surface area (Å²) in [5.74, 6) is 1.85. The highest BCUT2D eigenvalue weighted by Crippen LogP contribution is 2.32. The molecule has 0 spiro atoms. The minimum atomic E-state index is -0.198. The number of carbonyl (C=O) groups is 1. The van der Waals surface area contributed by atoms with Crippen LogP contribution in [0.15, 0.2) is 29.5 Å². The molecule has 1 aliphatic heterocycles. The van der Waals surface area contributed by atoms with Gasteiger partial charge in [-0.2, -0.15) is 0 Å². The molecule has 4 heterocycles. The van der Waals surface area contributed by atoms with E-state index in [1.165, 1.54) is 13.3 Å². The van der Waals surface area contributed by atoms with Crippen molar-refractivity contribution in [1.29, 1.82) is 0 Å². The Bertz CT molecular complexity index is 1260. The van der Waals surface area contributed by atoms with Crippen LogP contribution in [0.5, 0.6) is 0 Å². The number of anilines is 3. The Hall–Kier alpha value is -3.33. The van der Waals surface area contributed by atoms with Crippen molar-refractivity contribution in [1.82, 2.24) is 24.8 Å². The van der Waals surface area contributed by atoms with Crippen LogP contribution in [-0.4, -0.2) is 51.5 Å². The average Bonchev–Trinajstić information content (AvgIpc) is 2.85. The average molecular weight is 462 g/mol. The molecule has 9 nitrogen and oxygen atoms in total. The lowest BCUT2D eigenvalue weighted by Gasteiger charge is -2.28. The lowest BCUT2D eigenvalue weighted by molar-refractivity contribution is 0.101. The number of aryl methyl sites for hydroxylation is 1. The third-order valence-electron chi connectivity index (χ3n) is 6.98. The van der Waals surface area contributed by atoms with Gasteiger partial charge >= 0.3 is 0 Å². The molecule has 0 radical (unpaired) electrons. The Morgan fingerprint density at radius 3 is 2.44 bits per heavy atom. The number of rotatable bonds is 5. The number of fused-ring (bicyclic) bond motifs is 1. The molecule has 1 saturated heterocycles. The molecule has 5 rings (SSSR count). The molecular formula is C25H31N7O2. The molecule has 0 bridgehead atoms. The van der Waals surface area contributed by atoms with Gasteiger partial charge < -0.3 is 20.1 Å². The van der Waals surface area contributed by atoms with Gasteiger partial charge in [-0.1, -0.05) is 19.3 Å². The topological polar surface area (TPSA) is 105 Å². The largest absolute Gasteiger partial charge is 0.353 e. The Labute approximate surface area is 198 Å². The van der Waals surface area contributed by atoms with Crippen LogP contribution < -0.4 is 21.1 Å². The molecule has 1 aliphatic carbocycles. The molecule has 1 saturated carbocycles. The zero-order chi connectivity index (χ0) is 23.7. The van der Waals surface area contributed by atoms with Gasteiger partial charge in [0, 0.05) is 49.9 Å². The summed E-state index contributed by atoms with van der Waals surface area (Å²) in [7, 11) is 0. The van der Waals surface area contributed by atoms with Crippen LogP contribution in [0.2, 0.25) is 0 Å². The Balaban J connectivity index is 1.51. The van der Waals surface area contributed by atoms with Crippen molar-refractivity contribution in [3.05, 3.63) is 46.1 Å². The SMILES string of the molecule is CC(=O)c1c(C)c2cnc(Nc3cnc(N4CCNCC4)cn3)cc2n(C2CCCCC2)c1=O. The molecule has 0 aromatic carbocycles. The number of pyridine rings is 2. The van der Waals surface area contributed by atoms with Gasteiger partial charge in [-0.15, -0.1) is 0 Å². The maximum Gasteiger partial charge on any atom is 0.262 e. The van der Waals surface area contributed by atoms with E-state index in [-0.39, 0.29) is 22.9 Å². The second-order valence-corrected chi connectivity index (χ2v) is 9.23. The van der Waals surface area contributed by atoms with Crippen molar-refractivity contribution in [2.24, 2.45) is 0 Å². The van der Waals surface area contributed by atoms with Crippen molar-refractivity contribution in [3.8, 4) is 0 Å². The fourth-order valence-corrected chi connectivity index (χ4v) is 5.22. The van der Waals surface area contributed by atoms with E-state index in [1.54, 1.807) is 18.6 Å². The van der Waals surface area contributed by atoms with Crippen molar-refractivity contribution in [3.63, 3.8) is 0 Å². The Morgan fingerprint density at radius 2 is 1.76 bits per heavy atom. The summed E-state index contributed by atoms with van der Waals surface area (Å²) in [6, 6.07) is 1.99. The number of nitrogens with zero attached hydrogens (tertiary/aromatic N) is 5. The fraction of sp³-hybridized carbons (Fsp3) is 0.480. The number of ketones is 1. The van der Waals surface area contributed by atoms with Crippen molar-refractivity contribution < 1.29 is 4.79 Å². The molecule has 178 valence electrons. The van der Waals surface area contributed by atoms with E-state index < -0.39 is 0 Å². The van der Waals surface area contributed by atoms with Crippen molar-refractivity contribution in [2.75, 3.05) is 36.4 Å². The van der Waals surface area contributed by atoms with E-state index in [2.05, 4.69) is 30.5 Å². The number of hydrogen-bond acceptors (Lipinski definition) is 8. The second-order valence-electron chi connectivity index (χ2n) is 9.23. The van der Waals surface area contributed by atoms with Gasteiger partial charge in [-0.05, 0) is 32.3 Å². The van der Waals surface area contributed by atoms with Gasteiger partial charge in [0.25, 0.3) is 5.56 Å². The van der Waals surface area contributed by atoms with Crippen molar-refractivity contribution in [2.45, 2.75) is 52.0 Å².